The Morgan fingerprint density at radius 3 is 2.79 bits per heavy atom. The molecule has 0 atom stereocenters. The fraction of sp³-hybridized carbons (Fsp3) is 0.500. The van der Waals surface area contributed by atoms with E-state index >= 15 is 0 Å². The van der Waals surface area contributed by atoms with Crippen molar-refractivity contribution in [2.75, 3.05) is 29.5 Å². The summed E-state index contributed by atoms with van der Waals surface area (Å²) in [6, 6.07) is 3.49. The quantitative estimate of drug-likeness (QED) is 0.600. The van der Waals surface area contributed by atoms with Crippen LogP contribution >= 0.6 is 0 Å². The first-order valence-corrected chi connectivity index (χ1v) is 7.98. The Hall–Kier alpha value is -1.63. The van der Waals surface area contributed by atoms with E-state index in [4.69, 9.17) is 11.1 Å². The Labute approximate surface area is 113 Å². The van der Waals surface area contributed by atoms with Gasteiger partial charge >= 0.3 is 0 Å². The lowest BCUT2D eigenvalue weighted by atomic mass is 10.2. The molecule has 0 saturated carbocycles. The predicted molar refractivity (Wildman–Crippen MR) is 75.5 cm³/mol. The normalized spacial score (nSPS) is 18.9. The van der Waals surface area contributed by atoms with E-state index in [1.165, 1.54) is 0 Å². The van der Waals surface area contributed by atoms with Gasteiger partial charge in [0.1, 0.15) is 11.7 Å². The molecule has 2 heterocycles. The van der Waals surface area contributed by atoms with Crippen molar-refractivity contribution in [3.63, 3.8) is 0 Å². The third-order valence-corrected chi connectivity index (χ3v) is 4.85. The minimum Gasteiger partial charge on any atom is -0.384 e. The van der Waals surface area contributed by atoms with Gasteiger partial charge in [0.2, 0.25) is 0 Å². The molecular formula is C12H18N4O2S. The number of sulfone groups is 1. The average molecular weight is 282 g/mol. The molecule has 0 radical (unpaired) electrons. The van der Waals surface area contributed by atoms with Gasteiger partial charge in [-0.25, -0.2) is 13.4 Å². The highest BCUT2D eigenvalue weighted by Gasteiger charge is 2.20. The lowest BCUT2D eigenvalue weighted by Gasteiger charge is -2.21. The third kappa shape index (κ3) is 3.44. The van der Waals surface area contributed by atoms with Gasteiger partial charge in [-0.3, -0.25) is 5.41 Å². The molecule has 104 valence electrons. The molecule has 0 aromatic carbocycles. The molecule has 1 aliphatic heterocycles. The number of anilines is 1. The van der Waals surface area contributed by atoms with Crippen LogP contribution in [0.4, 0.5) is 5.82 Å². The number of amidine groups is 1. The molecule has 1 fully saturated rings. The van der Waals surface area contributed by atoms with E-state index in [9.17, 15) is 8.42 Å². The van der Waals surface area contributed by atoms with Crippen LogP contribution in [0.3, 0.4) is 0 Å². The summed E-state index contributed by atoms with van der Waals surface area (Å²) < 4.78 is 23.2. The second kappa shape index (κ2) is 5.16. The number of nitrogens with one attached hydrogen (secondary N) is 1. The molecule has 0 spiro atoms. The molecule has 7 heteroatoms. The van der Waals surface area contributed by atoms with Crippen LogP contribution in [0.25, 0.3) is 0 Å². The number of nitrogens with zero attached hydrogens (tertiary/aromatic N) is 2. The van der Waals surface area contributed by atoms with E-state index in [1.54, 1.807) is 12.1 Å². The van der Waals surface area contributed by atoms with E-state index in [2.05, 4.69) is 4.98 Å². The second-order valence-corrected chi connectivity index (χ2v) is 7.07. The van der Waals surface area contributed by atoms with Crippen molar-refractivity contribution in [1.82, 2.24) is 4.98 Å². The number of pyridine rings is 1. The van der Waals surface area contributed by atoms with Crippen molar-refractivity contribution in [2.24, 2.45) is 5.73 Å². The monoisotopic (exact) mass is 282 g/mol. The first-order valence-electron chi connectivity index (χ1n) is 6.16. The summed E-state index contributed by atoms with van der Waals surface area (Å²) in [6.45, 7) is 2.94. The van der Waals surface area contributed by atoms with E-state index < -0.39 is 9.84 Å². The van der Waals surface area contributed by atoms with Crippen LogP contribution in [-0.2, 0) is 9.84 Å². The maximum Gasteiger partial charge on any atom is 0.152 e. The van der Waals surface area contributed by atoms with Crippen molar-refractivity contribution >= 4 is 21.5 Å². The first-order chi connectivity index (χ1) is 8.87. The number of hydrogen-bond acceptors (Lipinski definition) is 5. The summed E-state index contributed by atoms with van der Waals surface area (Å²) in [5.74, 6) is 1.07. The predicted octanol–water partition coefficient (Wildman–Crippen LogP) is 0.299. The molecule has 2 rings (SSSR count). The summed E-state index contributed by atoms with van der Waals surface area (Å²) in [5.41, 5.74) is 6.89. The number of nitrogen functional groups attached to an aromatic ring is 1. The summed E-state index contributed by atoms with van der Waals surface area (Å²) in [5, 5.41) is 7.48. The van der Waals surface area contributed by atoms with Gasteiger partial charge in [-0.05, 0) is 25.5 Å². The van der Waals surface area contributed by atoms with Crippen LogP contribution in [0.2, 0.25) is 0 Å². The lowest BCUT2D eigenvalue weighted by molar-refractivity contribution is 0.597. The molecule has 0 bridgehead atoms. The van der Waals surface area contributed by atoms with Crippen LogP contribution in [0, 0.1) is 12.3 Å². The Balaban J connectivity index is 2.29. The number of nitrogens with two attached hydrogens (primary N) is 1. The standard InChI is InChI=1S/C12H18N4O2S/c1-9-7-10(12(13)14)8-11(15-9)16-3-2-5-19(17,18)6-4-16/h7-8H,2-6H2,1H3,(H3,13,14). The first kappa shape index (κ1) is 13.8. The molecule has 1 saturated heterocycles. The molecule has 0 unspecified atom stereocenters. The zero-order valence-electron chi connectivity index (χ0n) is 10.9. The number of rotatable bonds is 2. The Bertz CT molecular complexity index is 598. The largest absolute Gasteiger partial charge is 0.384 e. The Kier molecular flexibility index (Phi) is 3.75. The fourth-order valence-electron chi connectivity index (χ4n) is 2.14. The van der Waals surface area contributed by atoms with E-state index in [0.29, 0.717) is 30.9 Å². The molecule has 1 aliphatic rings. The van der Waals surface area contributed by atoms with Crippen molar-refractivity contribution in [2.45, 2.75) is 13.3 Å². The summed E-state index contributed by atoms with van der Waals surface area (Å²) in [7, 11) is -2.93. The van der Waals surface area contributed by atoms with Crippen LogP contribution < -0.4 is 10.6 Å². The van der Waals surface area contributed by atoms with Crippen LogP contribution in [0.1, 0.15) is 17.7 Å². The van der Waals surface area contributed by atoms with Crippen molar-refractivity contribution in [3.05, 3.63) is 23.4 Å². The highest BCUT2D eigenvalue weighted by molar-refractivity contribution is 7.91. The van der Waals surface area contributed by atoms with Crippen molar-refractivity contribution in [3.8, 4) is 0 Å². The maximum atomic E-state index is 11.6. The molecule has 19 heavy (non-hydrogen) atoms. The van der Waals surface area contributed by atoms with Gasteiger partial charge in [-0.2, -0.15) is 0 Å². The van der Waals surface area contributed by atoms with Gasteiger partial charge in [0, 0.05) is 24.3 Å². The van der Waals surface area contributed by atoms with Gasteiger partial charge in [-0.15, -0.1) is 0 Å². The minimum atomic E-state index is -2.93. The van der Waals surface area contributed by atoms with Gasteiger partial charge in [0.25, 0.3) is 0 Å². The van der Waals surface area contributed by atoms with Gasteiger partial charge in [0.15, 0.2) is 9.84 Å². The zero-order chi connectivity index (χ0) is 14.0. The molecular weight excluding hydrogens is 264 g/mol. The Morgan fingerprint density at radius 2 is 2.11 bits per heavy atom. The highest BCUT2D eigenvalue weighted by atomic mass is 32.2. The third-order valence-electron chi connectivity index (χ3n) is 3.13. The summed E-state index contributed by atoms with van der Waals surface area (Å²) >= 11 is 0. The summed E-state index contributed by atoms with van der Waals surface area (Å²) in [6.07, 6.45) is 0.605. The second-order valence-electron chi connectivity index (χ2n) is 4.76. The van der Waals surface area contributed by atoms with Gasteiger partial charge in [0.05, 0.1) is 11.5 Å². The smallest absolute Gasteiger partial charge is 0.152 e. The number of aromatic nitrogens is 1. The van der Waals surface area contributed by atoms with E-state index in [1.807, 2.05) is 11.8 Å². The van der Waals surface area contributed by atoms with E-state index in [0.717, 1.165) is 5.69 Å². The van der Waals surface area contributed by atoms with Gasteiger partial charge in [-0.1, -0.05) is 0 Å². The van der Waals surface area contributed by atoms with Crippen molar-refractivity contribution < 1.29 is 8.42 Å². The highest BCUT2D eigenvalue weighted by Crippen LogP contribution is 2.17. The van der Waals surface area contributed by atoms with Crippen LogP contribution in [-0.4, -0.2) is 43.8 Å². The number of aryl methyl sites for hydroxylation is 1. The molecule has 3 N–H and O–H groups in total. The molecule has 6 nitrogen and oxygen atoms in total. The topological polar surface area (TPSA) is 100 Å². The van der Waals surface area contributed by atoms with Crippen molar-refractivity contribution in [1.29, 1.82) is 5.41 Å². The molecule has 0 aliphatic carbocycles. The molecule has 0 amide bonds. The minimum absolute atomic E-state index is 0.00538. The maximum absolute atomic E-state index is 11.6. The van der Waals surface area contributed by atoms with Gasteiger partial charge < -0.3 is 10.6 Å². The van der Waals surface area contributed by atoms with Crippen LogP contribution in [0.15, 0.2) is 12.1 Å². The molecule has 1 aromatic heterocycles. The number of hydrogen-bond donors (Lipinski definition) is 2. The zero-order valence-corrected chi connectivity index (χ0v) is 11.7. The van der Waals surface area contributed by atoms with E-state index in [-0.39, 0.29) is 17.3 Å². The fourth-order valence-corrected chi connectivity index (χ4v) is 3.41. The SMILES string of the molecule is Cc1cc(C(=N)N)cc(N2CCCS(=O)(=O)CC2)n1. The molecule has 1 aromatic rings. The average Bonchev–Trinajstić information content (AvgIpc) is 2.49. The Morgan fingerprint density at radius 1 is 1.37 bits per heavy atom. The van der Waals surface area contributed by atoms with Crippen LogP contribution in [0.5, 0.6) is 0 Å². The lowest BCUT2D eigenvalue weighted by Crippen LogP contribution is -2.28. The summed E-state index contributed by atoms with van der Waals surface area (Å²) in [4.78, 5) is 6.36.